The minimum absolute atomic E-state index is 0.267. The van der Waals surface area contributed by atoms with E-state index in [1.807, 2.05) is 6.20 Å². The van der Waals surface area contributed by atoms with Crippen LogP contribution in [0, 0.1) is 0 Å². The van der Waals surface area contributed by atoms with Gasteiger partial charge in [-0.25, -0.2) is 0 Å². The highest BCUT2D eigenvalue weighted by molar-refractivity contribution is 9.10. The molecule has 1 aromatic heterocycles. The molecule has 0 atom stereocenters. The topological polar surface area (TPSA) is 28.2 Å². The molecule has 0 aromatic carbocycles. The van der Waals surface area contributed by atoms with Gasteiger partial charge in [0.25, 0.3) is 0 Å². The van der Waals surface area contributed by atoms with Crippen LogP contribution < -0.4 is 5.32 Å². The molecular formula is C12H16BrN3. The summed E-state index contributed by atoms with van der Waals surface area (Å²) in [6, 6.07) is 4.27. The van der Waals surface area contributed by atoms with E-state index in [4.69, 9.17) is 0 Å². The molecule has 3 rings (SSSR count). The molecular weight excluding hydrogens is 266 g/mol. The number of hydrogen-bond acceptors (Lipinski definition) is 3. The first-order valence-electron chi connectivity index (χ1n) is 5.89. The Morgan fingerprint density at radius 3 is 2.56 bits per heavy atom. The highest BCUT2D eigenvalue weighted by atomic mass is 79.9. The normalized spacial score (nSPS) is 24.3. The van der Waals surface area contributed by atoms with Crippen LogP contribution in [0.3, 0.4) is 0 Å². The maximum Gasteiger partial charge on any atom is 0.0636 e. The summed E-state index contributed by atoms with van der Waals surface area (Å²) in [5.41, 5.74) is 1.51. The van der Waals surface area contributed by atoms with Crippen molar-refractivity contribution in [1.82, 2.24) is 15.2 Å². The molecule has 1 saturated heterocycles. The number of pyridine rings is 1. The van der Waals surface area contributed by atoms with Gasteiger partial charge in [-0.1, -0.05) is 0 Å². The Bertz CT molecular complexity index is 366. The third kappa shape index (κ3) is 1.79. The molecule has 3 nitrogen and oxygen atoms in total. The van der Waals surface area contributed by atoms with Crippen LogP contribution in [0.1, 0.15) is 18.5 Å². The van der Waals surface area contributed by atoms with Crippen molar-refractivity contribution in [3.63, 3.8) is 0 Å². The Morgan fingerprint density at radius 1 is 1.25 bits per heavy atom. The van der Waals surface area contributed by atoms with Gasteiger partial charge in [-0.05, 0) is 40.9 Å². The van der Waals surface area contributed by atoms with Gasteiger partial charge in [0.15, 0.2) is 0 Å². The van der Waals surface area contributed by atoms with Gasteiger partial charge in [0, 0.05) is 36.8 Å². The van der Waals surface area contributed by atoms with Gasteiger partial charge in [0.2, 0.25) is 0 Å². The summed E-state index contributed by atoms with van der Waals surface area (Å²) in [5, 5.41) is 3.41. The van der Waals surface area contributed by atoms with E-state index in [9.17, 15) is 0 Å². The van der Waals surface area contributed by atoms with E-state index in [1.54, 1.807) is 0 Å². The quantitative estimate of drug-likeness (QED) is 0.895. The summed E-state index contributed by atoms with van der Waals surface area (Å²) in [5.74, 6) is 0. The van der Waals surface area contributed by atoms with Gasteiger partial charge in [-0.2, -0.15) is 0 Å². The van der Waals surface area contributed by atoms with Crippen molar-refractivity contribution < 1.29 is 0 Å². The van der Waals surface area contributed by atoms with Crippen molar-refractivity contribution in [2.75, 3.05) is 26.2 Å². The molecule has 1 aliphatic heterocycles. The summed E-state index contributed by atoms with van der Waals surface area (Å²) >= 11 is 3.44. The van der Waals surface area contributed by atoms with E-state index in [0.717, 1.165) is 30.7 Å². The predicted octanol–water partition coefficient (Wildman–Crippen LogP) is 1.74. The predicted molar refractivity (Wildman–Crippen MR) is 67.3 cm³/mol. The number of piperazine rings is 1. The summed E-state index contributed by atoms with van der Waals surface area (Å²) in [6.45, 7) is 4.52. The number of rotatable bonds is 2. The molecule has 1 aliphatic carbocycles. The minimum atomic E-state index is 0.267. The zero-order chi connectivity index (χ0) is 11.0. The third-order valence-electron chi connectivity index (χ3n) is 3.65. The molecule has 1 aromatic rings. The third-order valence-corrected chi connectivity index (χ3v) is 4.12. The van der Waals surface area contributed by atoms with Crippen molar-refractivity contribution in [2.24, 2.45) is 0 Å². The highest BCUT2D eigenvalue weighted by Gasteiger charge is 2.50. The lowest BCUT2D eigenvalue weighted by Crippen LogP contribution is -2.48. The van der Waals surface area contributed by atoms with E-state index in [1.165, 1.54) is 18.5 Å². The summed E-state index contributed by atoms with van der Waals surface area (Å²) < 4.78 is 1.06. The van der Waals surface area contributed by atoms with Gasteiger partial charge in [0.1, 0.15) is 0 Å². The summed E-state index contributed by atoms with van der Waals surface area (Å²) in [7, 11) is 0. The number of nitrogens with zero attached hydrogens (tertiary/aromatic N) is 2. The van der Waals surface area contributed by atoms with Crippen molar-refractivity contribution >= 4 is 15.9 Å². The lowest BCUT2D eigenvalue weighted by atomic mass is 10.1. The lowest BCUT2D eigenvalue weighted by Gasteiger charge is -2.35. The second-order valence-corrected chi connectivity index (χ2v) is 5.55. The molecule has 1 N–H and O–H groups in total. The first-order chi connectivity index (χ1) is 7.81. The zero-order valence-electron chi connectivity index (χ0n) is 9.25. The maximum absolute atomic E-state index is 4.58. The van der Waals surface area contributed by atoms with Gasteiger partial charge < -0.3 is 5.32 Å². The second-order valence-electron chi connectivity index (χ2n) is 4.63. The molecule has 1 saturated carbocycles. The molecule has 86 valence electrons. The van der Waals surface area contributed by atoms with Crippen LogP contribution >= 0.6 is 15.9 Å². The van der Waals surface area contributed by atoms with Gasteiger partial charge in [-0.3, -0.25) is 9.88 Å². The van der Waals surface area contributed by atoms with E-state index >= 15 is 0 Å². The Hall–Kier alpha value is -0.450. The smallest absolute Gasteiger partial charge is 0.0636 e. The van der Waals surface area contributed by atoms with Crippen molar-refractivity contribution in [3.05, 3.63) is 28.5 Å². The van der Waals surface area contributed by atoms with Gasteiger partial charge in [-0.15, -0.1) is 0 Å². The SMILES string of the molecule is Brc1ccc(C2(N3CCNCC3)CC2)nc1. The van der Waals surface area contributed by atoms with Crippen LogP contribution in [0.4, 0.5) is 0 Å². The first-order valence-corrected chi connectivity index (χ1v) is 6.68. The molecule has 0 amide bonds. The summed E-state index contributed by atoms with van der Waals surface area (Å²) in [6.07, 6.45) is 4.45. The van der Waals surface area contributed by atoms with Crippen LogP contribution in [0.5, 0.6) is 0 Å². The standard InChI is InChI=1S/C12H16BrN3/c13-10-1-2-11(15-9-10)12(3-4-12)16-7-5-14-6-8-16/h1-2,9,14H,3-8H2. The summed E-state index contributed by atoms with van der Waals surface area (Å²) in [4.78, 5) is 7.18. The minimum Gasteiger partial charge on any atom is -0.314 e. The maximum atomic E-state index is 4.58. The molecule has 0 radical (unpaired) electrons. The van der Waals surface area contributed by atoms with Crippen molar-refractivity contribution in [3.8, 4) is 0 Å². The molecule has 2 fully saturated rings. The van der Waals surface area contributed by atoms with E-state index in [-0.39, 0.29) is 5.54 Å². The van der Waals surface area contributed by atoms with E-state index < -0.39 is 0 Å². The van der Waals surface area contributed by atoms with Gasteiger partial charge >= 0.3 is 0 Å². The largest absolute Gasteiger partial charge is 0.314 e. The Labute approximate surface area is 104 Å². The average Bonchev–Trinajstić information content (AvgIpc) is 3.13. The Morgan fingerprint density at radius 2 is 2.00 bits per heavy atom. The Balaban J connectivity index is 1.84. The number of hydrogen-bond donors (Lipinski definition) is 1. The zero-order valence-corrected chi connectivity index (χ0v) is 10.8. The lowest BCUT2D eigenvalue weighted by molar-refractivity contribution is 0.151. The van der Waals surface area contributed by atoms with E-state index in [2.05, 4.69) is 43.3 Å². The Kier molecular flexibility index (Phi) is 2.73. The molecule has 16 heavy (non-hydrogen) atoms. The molecule has 0 bridgehead atoms. The molecule has 0 unspecified atom stereocenters. The molecule has 4 heteroatoms. The van der Waals surface area contributed by atoms with Crippen LogP contribution in [0.15, 0.2) is 22.8 Å². The molecule has 2 aliphatic rings. The monoisotopic (exact) mass is 281 g/mol. The van der Waals surface area contributed by atoms with Crippen molar-refractivity contribution in [2.45, 2.75) is 18.4 Å². The highest BCUT2D eigenvalue weighted by Crippen LogP contribution is 2.50. The second kappa shape index (κ2) is 4.09. The average molecular weight is 282 g/mol. The fraction of sp³-hybridized carbons (Fsp3) is 0.583. The van der Waals surface area contributed by atoms with E-state index in [0.29, 0.717) is 0 Å². The fourth-order valence-corrected chi connectivity index (χ4v) is 2.83. The number of halogens is 1. The van der Waals surface area contributed by atoms with Gasteiger partial charge in [0.05, 0.1) is 11.2 Å². The number of nitrogens with one attached hydrogen (secondary N) is 1. The van der Waals surface area contributed by atoms with Crippen LogP contribution in [0.2, 0.25) is 0 Å². The van der Waals surface area contributed by atoms with Crippen LogP contribution in [-0.2, 0) is 5.54 Å². The first kappa shape index (κ1) is 10.7. The van der Waals surface area contributed by atoms with Crippen LogP contribution in [0.25, 0.3) is 0 Å². The fourth-order valence-electron chi connectivity index (χ4n) is 2.60. The van der Waals surface area contributed by atoms with Crippen LogP contribution in [-0.4, -0.2) is 36.1 Å². The van der Waals surface area contributed by atoms with Crippen molar-refractivity contribution in [1.29, 1.82) is 0 Å². The molecule has 0 spiro atoms. The molecule has 2 heterocycles. The number of aromatic nitrogens is 1.